The predicted octanol–water partition coefficient (Wildman–Crippen LogP) is 2.24. The van der Waals surface area contributed by atoms with Crippen LogP contribution in [0, 0.1) is 0 Å². The van der Waals surface area contributed by atoms with Crippen molar-refractivity contribution in [3.8, 4) is 5.75 Å². The summed E-state index contributed by atoms with van der Waals surface area (Å²) in [6.07, 6.45) is 4.31. The smallest absolute Gasteiger partial charge is 0.315 e. The fraction of sp³-hybridized carbons (Fsp3) is 0.450. The van der Waals surface area contributed by atoms with Crippen molar-refractivity contribution >= 4 is 17.8 Å². The molecule has 2 atom stereocenters. The van der Waals surface area contributed by atoms with E-state index in [4.69, 9.17) is 9.47 Å². The van der Waals surface area contributed by atoms with Crippen LogP contribution in [0.4, 0.5) is 0 Å². The molecule has 0 saturated carbocycles. The summed E-state index contributed by atoms with van der Waals surface area (Å²) in [6.45, 7) is 1.73. The van der Waals surface area contributed by atoms with Gasteiger partial charge in [0.05, 0.1) is 20.3 Å². The van der Waals surface area contributed by atoms with Gasteiger partial charge in [0.25, 0.3) is 0 Å². The Labute approximate surface area is 158 Å². The van der Waals surface area contributed by atoms with E-state index in [0.29, 0.717) is 19.4 Å². The molecule has 0 heterocycles. The molecule has 1 aromatic rings. The molecule has 0 spiro atoms. The lowest BCUT2D eigenvalue weighted by Crippen LogP contribution is -2.41. The third kappa shape index (κ3) is 6.13. The number of rotatable bonds is 7. The van der Waals surface area contributed by atoms with Crippen molar-refractivity contribution < 1.29 is 28.6 Å². The third-order valence-corrected chi connectivity index (χ3v) is 4.37. The number of carbonyl (C=O) groups is 3. The van der Waals surface area contributed by atoms with Crippen molar-refractivity contribution in [3.05, 3.63) is 42.0 Å². The summed E-state index contributed by atoms with van der Waals surface area (Å²) in [5, 5.41) is 0. The second-order valence-electron chi connectivity index (χ2n) is 6.30. The van der Waals surface area contributed by atoms with Gasteiger partial charge in [-0.2, -0.15) is 0 Å². The van der Waals surface area contributed by atoms with E-state index in [1.807, 2.05) is 30.3 Å². The highest BCUT2D eigenvalue weighted by Gasteiger charge is 2.27. The Balaban J connectivity index is 2.15. The number of hydrogen-bond acceptors (Lipinski definition) is 6. The van der Waals surface area contributed by atoms with E-state index < -0.39 is 5.97 Å². The maximum Gasteiger partial charge on any atom is 0.315 e. The molecule has 146 valence electrons. The highest BCUT2D eigenvalue weighted by Crippen LogP contribution is 2.23. The Morgan fingerprint density at radius 2 is 1.78 bits per heavy atom. The van der Waals surface area contributed by atoms with Gasteiger partial charge in [-0.3, -0.25) is 14.4 Å². The highest BCUT2D eigenvalue weighted by atomic mass is 16.5. The van der Waals surface area contributed by atoms with Crippen molar-refractivity contribution in [1.29, 1.82) is 0 Å². The first-order valence-electron chi connectivity index (χ1n) is 8.77. The van der Waals surface area contributed by atoms with Crippen LogP contribution >= 0.6 is 0 Å². The van der Waals surface area contributed by atoms with Gasteiger partial charge in [-0.15, -0.1) is 0 Å². The molecule has 0 radical (unpaired) electrons. The van der Waals surface area contributed by atoms with Crippen molar-refractivity contribution in [1.82, 2.24) is 4.90 Å². The lowest BCUT2D eigenvalue weighted by Gasteiger charge is -2.33. The molecule has 7 nitrogen and oxygen atoms in total. The largest absolute Gasteiger partial charge is 0.497 e. The average molecular weight is 375 g/mol. The molecule has 1 aliphatic carbocycles. The van der Waals surface area contributed by atoms with Crippen molar-refractivity contribution in [2.75, 3.05) is 14.2 Å². The number of amides is 1. The second kappa shape index (κ2) is 9.75. The summed E-state index contributed by atoms with van der Waals surface area (Å²) in [6, 6.07) is 7.23. The van der Waals surface area contributed by atoms with E-state index in [1.165, 1.54) is 14.0 Å². The predicted molar refractivity (Wildman–Crippen MR) is 97.9 cm³/mol. The molecule has 0 saturated heterocycles. The van der Waals surface area contributed by atoms with Gasteiger partial charge in [0.1, 0.15) is 18.3 Å². The van der Waals surface area contributed by atoms with E-state index >= 15 is 0 Å². The number of benzene rings is 1. The first-order valence-corrected chi connectivity index (χ1v) is 8.77. The van der Waals surface area contributed by atoms with Gasteiger partial charge < -0.3 is 19.1 Å². The zero-order valence-electron chi connectivity index (χ0n) is 15.8. The van der Waals surface area contributed by atoms with E-state index in [-0.39, 0.29) is 30.4 Å². The molecule has 0 bridgehead atoms. The van der Waals surface area contributed by atoms with Gasteiger partial charge in [0.2, 0.25) is 5.91 Å². The lowest BCUT2D eigenvalue weighted by atomic mass is 9.98. The zero-order chi connectivity index (χ0) is 19.8. The molecule has 1 aromatic carbocycles. The molecule has 1 aliphatic rings. The molecular weight excluding hydrogens is 350 g/mol. The number of ether oxygens (including phenoxy) is 3. The van der Waals surface area contributed by atoms with Crippen LogP contribution < -0.4 is 4.74 Å². The number of nitrogens with zero attached hydrogens (tertiary/aromatic N) is 1. The Morgan fingerprint density at radius 1 is 1.07 bits per heavy atom. The molecule has 0 unspecified atom stereocenters. The molecule has 0 aliphatic heterocycles. The van der Waals surface area contributed by atoms with Crippen molar-refractivity contribution in [2.24, 2.45) is 0 Å². The summed E-state index contributed by atoms with van der Waals surface area (Å²) in [4.78, 5) is 37.0. The normalized spacial score (nSPS) is 18.5. The average Bonchev–Trinajstić information content (AvgIpc) is 2.66. The van der Waals surface area contributed by atoms with Crippen LogP contribution in [0.2, 0.25) is 0 Å². The first-order chi connectivity index (χ1) is 12.9. The summed E-state index contributed by atoms with van der Waals surface area (Å²) >= 11 is 0. The van der Waals surface area contributed by atoms with Crippen LogP contribution in [-0.2, 0) is 30.4 Å². The van der Waals surface area contributed by atoms with Crippen LogP contribution in [0.25, 0.3) is 0 Å². The Morgan fingerprint density at radius 3 is 2.30 bits per heavy atom. The Bertz CT molecular complexity index is 697. The molecule has 0 aromatic heterocycles. The van der Waals surface area contributed by atoms with Crippen LogP contribution in [0.15, 0.2) is 36.4 Å². The van der Waals surface area contributed by atoms with Crippen LogP contribution in [0.1, 0.15) is 31.7 Å². The molecule has 1 amide bonds. The van der Waals surface area contributed by atoms with E-state index in [1.54, 1.807) is 18.1 Å². The van der Waals surface area contributed by atoms with E-state index in [9.17, 15) is 14.4 Å². The number of esters is 2. The van der Waals surface area contributed by atoms with Crippen molar-refractivity contribution in [3.63, 3.8) is 0 Å². The zero-order valence-corrected chi connectivity index (χ0v) is 15.8. The lowest BCUT2D eigenvalue weighted by molar-refractivity contribution is -0.149. The third-order valence-electron chi connectivity index (χ3n) is 4.37. The summed E-state index contributed by atoms with van der Waals surface area (Å²) in [7, 11) is 2.85. The minimum Gasteiger partial charge on any atom is -0.497 e. The molecule has 7 heteroatoms. The summed E-state index contributed by atoms with van der Waals surface area (Å²) in [5.74, 6) is -0.483. The number of carbonyl (C=O) groups excluding carboxylic acids is 3. The molecular formula is C20H25NO6. The SMILES string of the molecule is COC(=O)CC(=O)N(Cc1ccc(OC)cc1)[C@@H]1C=C[C@H](OC(C)=O)CC1. The van der Waals surface area contributed by atoms with E-state index in [0.717, 1.165) is 11.3 Å². The fourth-order valence-electron chi connectivity index (χ4n) is 2.97. The van der Waals surface area contributed by atoms with Crippen LogP contribution in [0.5, 0.6) is 5.75 Å². The van der Waals surface area contributed by atoms with Crippen molar-refractivity contribution in [2.45, 2.75) is 44.9 Å². The van der Waals surface area contributed by atoms with Gasteiger partial charge in [-0.1, -0.05) is 18.2 Å². The van der Waals surface area contributed by atoms with Gasteiger partial charge >= 0.3 is 11.9 Å². The Hall–Kier alpha value is -2.83. The van der Waals surface area contributed by atoms with Crippen LogP contribution in [0.3, 0.4) is 0 Å². The maximum atomic E-state index is 12.7. The first kappa shape index (κ1) is 20.5. The quantitative estimate of drug-likeness (QED) is 0.413. The highest BCUT2D eigenvalue weighted by molar-refractivity contribution is 5.94. The standard InChI is InChI=1S/C20H25NO6/c1-14(22)27-18-10-6-16(7-11-18)21(19(23)12-20(24)26-3)13-15-4-8-17(25-2)9-5-15/h4-6,8-10,16,18H,7,11-13H2,1-3H3/t16-,18+/m1/s1. The summed E-state index contributed by atoms with van der Waals surface area (Å²) < 4.78 is 15.0. The Kier molecular flexibility index (Phi) is 7.40. The van der Waals surface area contributed by atoms with Gasteiger partial charge in [0, 0.05) is 13.5 Å². The number of hydrogen-bond donors (Lipinski definition) is 0. The molecule has 2 rings (SSSR count). The van der Waals surface area contributed by atoms with Gasteiger partial charge in [0.15, 0.2) is 0 Å². The monoisotopic (exact) mass is 375 g/mol. The van der Waals surface area contributed by atoms with Gasteiger partial charge in [-0.25, -0.2) is 0 Å². The maximum absolute atomic E-state index is 12.7. The topological polar surface area (TPSA) is 82.1 Å². The molecule has 27 heavy (non-hydrogen) atoms. The fourth-order valence-corrected chi connectivity index (χ4v) is 2.97. The summed E-state index contributed by atoms with van der Waals surface area (Å²) in [5.41, 5.74) is 0.921. The second-order valence-corrected chi connectivity index (χ2v) is 6.30. The van der Waals surface area contributed by atoms with Gasteiger partial charge in [-0.05, 0) is 36.6 Å². The van der Waals surface area contributed by atoms with Crippen LogP contribution in [-0.4, -0.2) is 49.1 Å². The number of methoxy groups -OCH3 is 2. The minimum atomic E-state index is -0.572. The molecule has 0 N–H and O–H groups in total. The van der Waals surface area contributed by atoms with E-state index in [2.05, 4.69) is 4.74 Å². The molecule has 0 fully saturated rings. The minimum absolute atomic E-state index is 0.184.